The molecule has 0 bridgehead atoms. The first-order valence-corrected chi connectivity index (χ1v) is 15.1. The van der Waals surface area contributed by atoms with Gasteiger partial charge in [0.15, 0.2) is 22.6 Å². The summed E-state index contributed by atoms with van der Waals surface area (Å²) in [4.78, 5) is 20.9. The topological polar surface area (TPSA) is 56.5 Å². The van der Waals surface area contributed by atoms with Crippen LogP contribution in [0.4, 0.5) is 0 Å². The molecule has 0 atom stereocenters. The molecule has 0 N–H and O–H groups in total. The molecule has 0 saturated carbocycles. The van der Waals surface area contributed by atoms with E-state index in [0.29, 0.717) is 17.5 Å². The number of para-hydroxylation sites is 2. The normalized spacial score (nSPS) is 13.4. The van der Waals surface area contributed by atoms with Crippen molar-refractivity contribution >= 4 is 22.8 Å². The van der Waals surface area contributed by atoms with Crippen molar-refractivity contribution in [2.75, 3.05) is 0 Å². The molecule has 206 valence electrons. The Kier molecular flexibility index (Phi) is 5.98. The molecule has 3 heterocycles. The summed E-state index contributed by atoms with van der Waals surface area (Å²) in [6, 6.07) is 43.8. The zero-order valence-corrected chi connectivity index (χ0v) is 24.6. The summed E-state index contributed by atoms with van der Waals surface area (Å²) in [7, 11) is 0. The Morgan fingerprint density at radius 3 is 1.77 bits per heavy atom. The molecule has 43 heavy (non-hydrogen) atoms. The molecule has 0 fully saturated rings. The fourth-order valence-electron chi connectivity index (χ4n) is 5.88. The van der Waals surface area contributed by atoms with E-state index in [1.54, 1.807) is 11.8 Å². The van der Waals surface area contributed by atoms with E-state index in [1.165, 1.54) is 10.5 Å². The van der Waals surface area contributed by atoms with E-state index in [-0.39, 0.29) is 5.54 Å². The number of hydrogen-bond donors (Lipinski definition) is 0. The van der Waals surface area contributed by atoms with Gasteiger partial charge in [-0.3, -0.25) is 0 Å². The minimum absolute atomic E-state index is 0.261. The van der Waals surface area contributed by atoms with E-state index in [9.17, 15) is 0 Å². The van der Waals surface area contributed by atoms with Gasteiger partial charge in [-0.05, 0) is 60.9 Å². The second-order valence-corrected chi connectivity index (χ2v) is 12.2. The monoisotopic (exact) mass is 573 g/mol. The number of aromatic nitrogens is 5. The highest BCUT2D eigenvalue weighted by molar-refractivity contribution is 7.99. The molecular formula is C37H27N5S. The van der Waals surface area contributed by atoms with Gasteiger partial charge in [-0.1, -0.05) is 109 Å². The number of rotatable bonds is 4. The molecule has 5 nitrogen and oxygen atoms in total. The Hall–Kier alpha value is -5.07. The Morgan fingerprint density at radius 1 is 0.512 bits per heavy atom. The van der Waals surface area contributed by atoms with E-state index in [1.807, 2.05) is 60.7 Å². The van der Waals surface area contributed by atoms with E-state index >= 15 is 0 Å². The minimum Gasteiger partial charge on any atom is -0.309 e. The molecule has 0 spiro atoms. The molecule has 2 aromatic heterocycles. The zero-order chi connectivity index (χ0) is 29.0. The largest absolute Gasteiger partial charge is 0.309 e. The SMILES string of the molecule is CC1(C)c2cc(-c3cccc(-c4nc(-c5ccccc5)nc(-c5ccccc5)n4)c3)ccc2Sc2nc3ccccc3n21. The van der Waals surface area contributed by atoms with Crippen LogP contribution in [0.3, 0.4) is 0 Å². The van der Waals surface area contributed by atoms with Crippen molar-refractivity contribution in [2.24, 2.45) is 0 Å². The lowest BCUT2D eigenvalue weighted by molar-refractivity contribution is 0.402. The Morgan fingerprint density at radius 2 is 1.07 bits per heavy atom. The predicted molar refractivity (Wildman–Crippen MR) is 174 cm³/mol. The standard InChI is InChI=1S/C37H27N5S/c1-37(2)29-23-27(20-21-32(29)43-36-38-30-18-9-10-19-31(30)42(36)37)26-16-11-17-28(22-26)35-40-33(24-12-5-3-6-13-24)39-34(41-35)25-14-7-4-8-15-25/h3-23H,1-2H3. The summed E-state index contributed by atoms with van der Waals surface area (Å²) in [6.45, 7) is 4.56. The van der Waals surface area contributed by atoms with Gasteiger partial charge in [-0.15, -0.1) is 0 Å². The Bertz CT molecular complexity index is 2080. The second kappa shape index (κ2) is 10.0. The quantitative estimate of drug-likeness (QED) is 0.210. The Labute approximate surface area is 254 Å². The van der Waals surface area contributed by atoms with Crippen molar-refractivity contribution in [1.82, 2.24) is 24.5 Å². The lowest BCUT2D eigenvalue weighted by Crippen LogP contribution is -2.31. The van der Waals surface area contributed by atoms with Gasteiger partial charge in [0.1, 0.15) is 0 Å². The van der Waals surface area contributed by atoms with Gasteiger partial charge < -0.3 is 4.57 Å². The third kappa shape index (κ3) is 4.42. The van der Waals surface area contributed by atoms with Crippen LogP contribution in [-0.4, -0.2) is 24.5 Å². The highest BCUT2D eigenvalue weighted by Crippen LogP contribution is 2.47. The molecule has 6 heteroatoms. The molecule has 0 radical (unpaired) electrons. The van der Waals surface area contributed by atoms with Crippen molar-refractivity contribution in [2.45, 2.75) is 29.4 Å². The van der Waals surface area contributed by atoms with Gasteiger partial charge in [0.05, 0.1) is 16.6 Å². The summed E-state index contributed by atoms with van der Waals surface area (Å²) >= 11 is 1.74. The zero-order valence-electron chi connectivity index (χ0n) is 23.8. The maximum absolute atomic E-state index is 4.94. The average Bonchev–Trinajstić information content (AvgIpc) is 3.45. The van der Waals surface area contributed by atoms with Crippen LogP contribution in [0.25, 0.3) is 56.3 Å². The third-order valence-electron chi connectivity index (χ3n) is 8.08. The highest BCUT2D eigenvalue weighted by atomic mass is 32.2. The van der Waals surface area contributed by atoms with Crippen LogP contribution in [0.1, 0.15) is 19.4 Å². The Balaban J connectivity index is 1.23. The first-order chi connectivity index (χ1) is 21.0. The van der Waals surface area contributed by atoms with Crippen LogP contribution in [0.15, 0.2) is 137 Å². The summed E-state index contributed by atoms with van der Waals surface area (Å²) in [5.74, 6) is 1.97. The summed E-state index contributed by atoms with van der Waals surface area (Å²) in [5, 5.41) is 1.03. The fraction of sp³-hybridized carbons (Fsp3) is 0.0811. The highest BCUT2D eigenvalue weighted by Gasteiger charge is 2.35. The van der Waals surface area contributed by atoms with Crippen LogP contribution in [0.5, 0.6) is 0 Å². The first kappa shape index (κ1) is 25.6. The number of benzene rings is 5. The van der Waals surface area contributed by atoms with E-state index < -0.39 is 0 Å². The number of imidazole rings is 1. The fourth-order valence-corrected chi connectivity index (χ4v) is 7.20. The molecule has 0 aliphatic carbocycles. The molecule has 1 aliphatic heterocycles. The molecule has 7 aromatic rings. The molecule has 8 rings (SSSR count). The molecule has 5 aromatic carbocycles. The third-order valence-corrected chi connectivity index (χ3v) is 9.11. The number of hydrogen-bond acceptors (Lipinski definition) is 5. The van der Waals surface area contributed by atoms with Crippen LogP contribution < -0.4 is 0 Å². The molecule has 0 saturated heterocycles. The maximum Gasteiger partial charge on any atom is 0.174 e. The van der Waals surface area contributed by atoms with Gasteiger partial charge >= 0.3 is 0 Å². The molecule has 1 aliphatic rings. The van der Waals surface area contributed by atoms with E-state index in [0.717, 1.165) is 44.0 Å². The average molecular weight is 574 g/mol. The minimum atomic E-state index is -0.261. The van der Waals surface area contributed by atoms with Crippen molar-refractivity contribution < 1.29 is 0 Å². The predicted octanol–water partition coefficient (Wildman–Crippen LogP) is 9.14. The van der Waals surface area contributed by atoms with Gasteiger partial charge in [0.2, 0.25) is 0 Å². The van der Waals surface area contributed by atoms with Crippen LogP contribution in [0, 0.1) is 0 Å². The lowest BCUT2D eigenvalue weighted by Gasteiger charge is -2.35. The lowest BCUT2D eigenvalue weighted by atomic mass is 9.90. The number of fused-ring (bicyclic) bond motifs is 4. The van der Waals surface area contributed by atoms with E-state index in [4.69, 9.17) is 19.9 Å². The molecular weight excluding hydrogens is 547 g/mol. The van der Waals surface area contributed by atoms with Crippen molar-refractivity contribution in [3.63, 3.8) is 0 Å². The first-order valence-electron chi connectivity index (χ1n) is 14.3. The number of nitrogens with zero attached hydrogens (tertiary/aromatic N) is 5. The summed E-state index contributed by atoms with van der Waals surface area (Å²) in [6.07, 6.45) is 0. The second-order valence-electron chi connectivity index (χ2n) is 11.2. The van der Waals surface area contributed by atoms with E-state index in [2.05, 4.69) is 85.1 Å². The van der Waals surface area contributed by atoms with Gasteiger partial charge in [-0.2, -0.15) is 0 Å². The van der Waals surface area contributed by atoms with Crippen LogP contribution >= 0.6 is 11.8 Å². The van der Waals surface area contributed by atoms with Crippen LogP contribution in [0.2, 0.25) is 0 Å². The van der Waals surface area contributed by atoms with Crippen molar-refractivity contribution in [3.8, 4) is 45.3 Å². The van der Waals surface area contributed by atoms with Crippen molar-refractivity contribution in [1.29, 1.82) is 0 Å². The summed E-state index contributed by atoms with van der Waals surface area (Å²) < 4.78 is 2.37. The van der Waals surface area contributed by atoms with Gasteiger partial charge in [-0.25, -0.2) is 19.9 Å². The maximum atomic E-state index is 4.94. The molecule has 0 unspecified atom stereocenters. The van der Waals surface area contributed by atoms with Gasteiger partial charge in [0, 0.05) is 21.6 Å². The van der Waals surface area contributed by atoms with Crippen molar-refractivity contribution in [3.05, 3.63) is 133 Å². The van der Waals surface area contributed by atoms with Gasteiger partial charge in [0.25, 0.3) is 0 Å². The summed E-state index contributed by atoms with van der Waals surface area (Å²) in [5.41, 5.74) is 8.35. The smallest absolute Gasteiger partial charge is 0.174 e. The van der Waals surface area contributed by atoms with Crippen LogP contribution in [-0.2, 0) is 5.54 Å². The molecule has 0 amide bonds.